The van der Waals surface area contributed by atoms with Crippen LogP contribution in [0.25, 0.3) is 0 Å². The van der Waals surface area contributed by atoms with Crippen LogP contribution in [0.4, 0.5) is 0 Å². The average molecular weight is 217 g/mol. The highest BCUT2D eigenvalue weighted by molar-refractivity contribution is 9.09. The second kappa shape index (κ2) is 3.75. The van der Waals surface area contributed by atoms with Crippen molar-refractivity contribution >= 4 is 15.9 Å². The van der Waals surface area contributed by atoms with Gasteiger partial charge in [-0.15, -0.1) is 0 Å². The van der Waals surface area contributed by atoms with Crippen LogP contribution < -0.4 is 0 Å². The third-order valence-corrected chi connectivity index (χ3v) is 2.94. The second-order valence-electron chi connectivity index (χ2n) is 4.18. The molecule has 0 aromatic rings. The van der Waals surface area contributed by atoms with Crippen molar-refractivity contribution in [2.24, 2.45) is 5.41 Å². The lowest BCUT2D eigenvalue weighted by Crippen LogP contribution is -2.16. The van der Waals surface area contributed by atoms with Crippen molar-refractivity contribution in [2.45, 2.75) is 39.5 Å². The van der Waals surface area contributed by atoms with E-state index in [2.05, 4.69) is 35.9 Å². The van der Waals surface area contributed by atoms with Crippen molar-refractivity contribution in [3.8, 4) is 0 Å². The molecule has 1 saturated carbocycles. The molecule has 0 amide bonds. The number of hydrogen-bond donors (Lipinski definition) is 0. The molecular formula is C10H17Br. The normalized spacial score (nSPS) is 23.4. The molecule has 1 heteroatoms. The molecule has 1 aliphatic rings. The van der Waals surface area contributed by atoms with Crippen molar-refractivity contribution < 1.29 is 0 Å². The van der Waals surface area contributed by atoms with Gasteiger partial charge < -0.3 is 0 Å². The van der Waals surface area contributed by atoms with Crippen molar-refractivity contribution in [1.29, 1.82) is 0 Å². The molecule has 0 saturated heterocycles. The van der Waals surface area contributed by atoms with Crippen molar-refractivity contribution in [3.63, 3.8) is 0 Å². The molecule has 1 aliphatic carbocycles. The molecule has 0 spiro atoms. The maximum Gasteiger partial charge on any atom is 0.0214 e. The Labute approximate surface area is 78.2 Å². The molecule has 0 unspecified atom stereocenters. The molecule has 0 aromatic carbocycles. The summed E-state index contributed by atoms with van der Waals surface area (Å²) in [4.78, 5) is 0. The van der Waals surface area contributed by atoms with Crippen LogP contribution >= 0.6 is 15.9 Å². The first-order valence-electron chi connectivity index (χ1n) is 4.38. The van der Waals surface area contributed by atoms with Crippen LogP contribution in [0, 0.1) is 5.41 Å². The molecule has 1 fully saturated rings. The second-order valence-corrected chi connectivity index (χ2v) is 4.83. The fourth-order valence-electron chi connectivity index (χ4n) is 1.56. The van der Waals surface area contributed by atoms with Crippen LogP contribution in [-0.4, -0.2) is 5.33 Å². The number of hydrogen-bond acceptors (Lipinski definition) is 0. The van der Waals surface area contributed by atoms with E-state index in [1.165, 1.54) is 25.7 Å². The molecule has 11 heavy (non-hydrogen) atoms. The van der Waals surface area contributed by atoms with E-state index < -0.39 is 0 Å². The van der Waals surface area contributed by atoms with Crippen molar-refractivity contribution in [3.05, 3.63) is 11.6 Å². The third-order valence-electron chi connectivity index (χ3n) is 2.61. The minimum Gasteiger partial charge on any atom is -0.0883 e. The van der Waals surface area contributed by atoms with Crippen LogP contribution in [0.15, 0.2) is 11.6 Å². The Kier molecular flexibility index (Phi) is 3.17. The topological polar surface area (TPSA) is 0 Å². The molecule has 0 radical (unpaired) electrons. The average Bonchev–Trinajstić information content (AvgIpc) is 1.94. The van der Waals surface area contributed by atoms with Gasteiger partial charge in [-0.05, 0) is 31.1 Å². The van der Waals surface area contributed by atoms with Crippen LogP contribution in [0.5, 0.6) is 0 Å². The Morgan fingerprint density at radius 1 is 1.36 bits per heavy atom. The van der Waals surface area contributed by atoms with Gasteiger partial charge in [0.05, 0.1) is 0 Å². The molecule has 0 heterocycles. The van der Waals surface area contributed by atoms with Gasteiger partial charge in [0.15, 0.2) is 0 Å². The maximum atomic E-state index is 3.44. The highest BCUT2D eigenvalue weighted by atomic mass is 79.9. The molecule has 0 N–H and O–H groups in total. The summed E-state index contributed by atoms with van der Waals surface area (Å²) in [7, 11) is 0. The zero-order valence-corrected chi connectivity index (χ0v) is 9.08. The van der Waals surface area contributed by atoms with Gasteiger partial charge in [0.2, 0.25) is 0 Å². The summed E-state index contributed by atoms with van der Waals surface area (Å²) in [5.74, 6) is 0. The smallest absolute Gasteiger partial charge is 0.0214 e. The number of rotatable bonds is 1. The van der Waals surface area contributed by atoms with Crippen molar-refractivity contribution in [2.75, 3.05) is 5.33 Å². The molecule has 0 bridgehead atoms. The highest BCUT2D eigenvalue weighted by Crippen LogP contribution is 2.37. The fraction of sp³-hybridized carbons (Fsp3) is 0.800. The van der Waals surface area contributed by atoms with Crippen LogP contribution in [0.3, 0.4) is 0 Å². The van der Waals surface area contributed by atoms with E-state index in [4.69, 9.17) is 0 Å². The summed E-state index contributed by atoms with van der Waals surface area (Å²) in [5, 5.41) is 1.03. The van der Waals surface area contributed by atoms with Crippen molar-refractivity contribution in [1.82, 2.24) is 0 Å². The monoisotopic (exact) mass is 216 g/mol. The summed E-state index contributed by atoms with van der Waals surface area (Å²) in [5.41, 5.74) is 2.25. The summed E-state index contributed by atoms with van der Waals surface area (Å²) < 4.78 is 0. The molecule has 64 valence electrons. The Morgan fingerprint density at radius 2 is 1.91 bits per heavy atom. The first-order valence-corrected chi connectivity index (χ1v) is 5.50. The number of alkyl halides is 1. The van der Waals surface area contributed by atoms with Gasteiger partial charge in [0, 0.05) is 5.33 Å². The lowest BCUT2D eigenvalue weighted by atomic mass is 9.75. The quantitative estimate of drug-likeness (QED) is 0.461. The zero-order valence-electron chi connectivity index (χ0n) is 7.49. The van der Waals surface area contributed by atoms with E-state index >= 15 is 0 Å². The molecular weight excluding hydrogens is 200 g/mol. The molecule has 1 rings (SSSR count). The Hall–Kier alpha value is 0.220. The lowest BCUT2D eigenvalue weighted by Gasteiger charge is -2.30. The van der Waals surface area contributed by atoms with E-state index in [0.29, 0.717) is 5.41 Å². The van der Waals surface area contributed by atoms with Gasteiger partial charge in [-0.1, -0.05) is 41.4 Å². The van der Waals surface area contributed by atoms with Crippen LogP contribution in [0.1, 0.15) is 39.5 Å². The van der Waals surface area contributed by atoms with E-state index in [1.807, 2.05) is 0 Å². The molecule has 0 aliphatic heterocycles. The van der Waals surface area contributed by atoms with E-state index in [1.54, 1.807) is 5.57 Å². The largest absolute Gasteiger partial charge is 0.0883 e. The van der Waals surface area contributed by atoms with Crippen LogP contribution in [0.2, 0.25) is 0 Å². The predicted molar refractivity (Wildman–Crippen MR) is 54.1 cm³/mol. The Bertz CT molecular complexity index is 144. The Balaban J connectivity index is 2.42. The van der Waals surface area contributed by atoms with Crippen LogP contribution in [-0.2, 0) is 0 Å². The van der Waals surface area contributed by atoms with E-state index in [9.17, 15) is 0 Å². The van der Waals surface area contributed by atoms with E-state index in [-0.39, 0.29) is 0 Å². The van der Waals surface area contributed by atoms with Gasteiger partial charge in [-0.25, -0.2) is 0 Å². The molecule has 0 aromatic heterocycles. The highest BCUT2D eigenvalue weighted by Gasteiger charge is 2.22. The first kappa shape index (κ1) is 9.31. The van der Waals surface area contributed by atoms with Gasteiger partial charge >= 0.3 is 0 Å². The standard InChI is InChI=1S/C10H17Br/c1-10(2)6-3-9(4-7-10)5-8-11/h5H,3-4,6-8H2,1-2H3. The fourth-order valence-corrected chi connectivity index (χ4v) is 2.02. The van der Waals surface area contributed by atoms with Gasteiger partial charge in [-0.3, -0.25) is 0 Å². The predicted octanol–water partition coefficient (Wildman–Crippen LogP) is 3.91. The summed E-state index contributed by atoms with van der Waals surface area (Å²) in [6.07, 6.45) is 7.70. The molecule has 0 nitrogen and oxygen atoms in total. The van der Waals surface area contributed by atoms with Gasteiger partial charge in [0.25, 0.3) is 0 Å². The summed E-state index contributed by atoms with van der Waals surface area (Å²) in [6.45, 7) is 4.75. The minimum absolute atomic E-state index is 0.601. The van der Waals surface area contributed by atoms with Gasteiger partial charge in [0.1, 0.15) is 0 Å². The lowest BCUT2D eigenvalue weighted by molar-refractivity contribution is 0.278. The Morgan fingerprint density at radius 3 is 2.36 bits per heavy atom. The minimum atomic E-state index is 0.601. The third kappa shape index (κ3) is 2.98. The summed E-state index contributed by atoms with van der Waals surface area (Å²) in [6, 6.07) is 0. The van der Waals surface area contributed by atoms with E-state index in [0.717, 1.165) is 5.33 Å². The number of halogens is 1. The molecule has 0 atom stereocenters. The first-order chi connectivity index (χ1) is 5.14. The zero-order chi connectivity index (χ0) is 8.32. The number of allylic oxidation sites excluding steroid dienone is 2. The van der Waals surface area contributed by atoms with Gasteiger partial charge in [-0.2, -0.15) is 0 Å². The maximum absolute atomic E-state index is 3.44. The SMILES string of the molecule is CC1(C)CCC(=CCBr)CC1. The summed E-state index contributed by atoms with van der Waals surface area (Å²) >= 11 is 3.44.